The zero-order chi connectivity index (χ0) is 15.3. The van der Waals surface area contributed by atoms with Crippen LogP contribution in [0, 0.1) is 0 Å². The van der Waals surface area contributed by atoms with Crippen LogP contribution in [0.25, 0.3) is 0 Å². The lowest BCUT2D eigenvalue weighted by Gasteiger charge is -2.24. The van der Waals surface area contributed by atoms with Crippen molar-refractivity contribution in [2.75, 3.05) is 12.3 Å². The number of nitrogen functional groups attached to an aromatic ring is 1. The molecule has 1 rings (SSSR count). The number of nitrogens with zero attached hydrogens (tertiary/aromatic N) is 1. The minimum absolute atomic E-state index is 0.295. The Kier molecular flexibility index (Phi) is 5.19. The van der Waals surface area contributed by atoms with E-state index in [0.717, 1.165) is 6.42 Å². The van der Waals surface area contributed by atoms with Gasteiger partial charge in [0, 0.05) is 18.3 Å². The maximum Gasteiger partial charge on any atom is 0.355 e. The summed E-state index contributed by atoms with van der Waals surface area (Å²) >= 11 is 0. The van der Waals surface area contributed by atoms with E-state index in [-0.39, 0.29) is 18.1 Å². The number of nitrogens with two attached hydrogens (primary N) is 1. The van der Waals surface area contributed by atoms with Crippen LogP contribution in [0.1, 0.15) is 44.6 Å². The predicted molar refractivity (Wildman–Crippen MR) is 77.3 cm³/mol. The summed E-state index contributed by atoms with van der Waals surface area (Å²) in [5.41, 5.74) is 6.18. The van der Waals surface area contributed by atoms with E-state index in [0.29, 0.717) is 17.9 Å². The van der Waals surface area contributed by atoms with Gasteiger partial charge in [-0.05, 0) is 33.3 Å². The smallest absolute Gasteiger partial charge is 0.355 e. The molecule has 0 aliphatic carbocycles. The van der Waals surface area contributed by atoms with E-state index in [4.69, 9.17) is 10.5 Å². The van der Waals surface area contributed by atoms with Gasteiger partial charge < -0.3 is 20.4 Å². The Hall–Kier alpha value is -1.98. The second kappa shape index (κ2) is 6.45. The first-order valence-electron chi connectivity index (χ1n) is 6.73. The van der Waals surface area contributed by atoms with Gasteiger partial charge in [0.05, 0.1) is 5.69 Å². The third-order valence-corrected chi connectivity index (χ3v) is 3.16. The molecule has 0 spiro atoms. The summed E-state index contributed by atoms with van der Waals surface area (Å²) in [4.78, 5) is 23.6. The summed E-state index contributed by atoms with van der Waals surface area (Å²) < 4.78 is 6.69. The fourth-order valence-corrected chi connectivity index (χ4v) is 1.67. The minimum atomic E-state index is -0.548. The molecule has 0 unspecified atom stereocenters. The first kappa shape index (κ1) is 16.1. The Bertz CT molecular complexity index is 492. The van der Waals surface area contributed by atoms with E-state index >= 15 is 0 Å². The van der Waals surface area contributed by atoms with Crippen LogP contribution in [-0.4, -0.2) is 28.6 Å². The molecule has 0 aromatic carbocycles. The van der Waals surface area contributed by atoms with Crippen molar-refractivity contribution in [3.8, 4) is 0 Å². The molecule has 1 amide bonds. The van der Waals surface area contributed by atoms with Crippen molar-refractivity contribution in [1.29, 1.82) is 0 Å². The molecule has 0 aliphatic rings. The Morgan fingerprint density at radius 2 is 2.05 bits per heavy atom. The van der Waals surface area contributed by atoms with Gasteiger partial charge in [-0.25, -0.2) is 4.79 Å². The highest BCUT2D eigenvalue weighted by Crippen LogP contribution is 2.12. The zero-order valence-electron chi connectivity index (χ0n) is 12.5. The average molecular weight is 281 g/mol. The highest BCUT2D eigenvalue weighted by atomic mass is 16.5. The van der Waals surface area contributed by atoms with Crippen molar-refractivity contribution in [3.05, 3.63) is 18.0 Å². The van der Waals surface area contributed by atoms with Crippen LogP contribution in [0.5, 0.6) is 0 Å². The lowest BCUT2D eigenvalue weighted by atomic mass is 10.0. The van der Waals surface area contributed by atoms with Gasteiger partial charge in [0.1, 0.15) is 5.69 Å². The van der Waals surface area contributed by atoms with Crippen molar-refractivity contribution in [1.82, 2.24) is 9.88 Å². The number of anilines is 1. The Morgan fingerprint density at radius 1 is 1.40 bits per heavy atom. The first-order valence-corrected chi connectivity index (χ1v) is 6.73. The van der Waals surface area contributed by atoms with Crippen molar-refractivity contribution in [2.24, 2.45) is 0 Å². The fraction of sp³-hybridized carbons (Fsp3) is 0.571. The van der Waals surface area contributed by atoms with Gasteiger partial charge in [-0.15, -0.1) is 0 Å². The van der Waals surface area contributed by atoms with Crippen LogP contribution in [0.4, 0.5) is 5.69 Å². The number of carbonyl (C=O) groups excluding carboxylic acids is 2. The van der Waals surface area contributed by atoms with E-state index in [2.05, 4.69) is 5.32 Å². The van der Waals surface area contributed by atoms with Crippen molar-refractivity contribution >= 4 is 17.6 Å². The number of aryl methyl sites for hydroxylation is 1. The molecular formula is C14H23N3O3. The van der Waals surface area contributed by atoms with E-state index in [1.54, 1.807) is 16.8 Å². The molecule has 0 atom stereocenters. The monoisotopic (exact) mass is 281 g/mol. The van der Waals surface area contributed by atoms with Crippen molar-refractivity contribution in [3.63, 3.8) is 0 Å². The highest BCUT2D eigenvalue weighted by molar-refractivity contribution is 5.91. The number of amides is 1. The van der Waals surface area contributed by atoms with Gasteiger partial charge in [0.25, 0.3) is 5.91 Å². The number of nitrogens with one attached hydrogen (secondary N) is 1. The molecule has 1 aromatic heterocycles. The predicted octanol–water partition coefficient (Wildman–Crippen LogP) is 1.55. The SMILES string of the molecule is CCn1cc(N)cc1C(=O)OCC(=O)NC(C)(C)CC. The molecule has 20 heavy (non-hydrogen) atoms. The molecule has 6 nitrogen and oxygen atoms in total. The van der Waals surface area contributed by atoms with E-state index in [1.165, 1.54) is 0 Å². The summed E-state index contributed by atoms with van der Waals surface area (Å²) in [5, 5.41) is 2.80. The standard InChI is InChI=1S/C14H23N3O3/c1-5-14(3,4)16-12(18)9-20-13(19)11-7-10(15)8-17(11)6-2/h7-8H,5-6,9,15H2,1-4H3,(H,16,18). The van der Waals surface area contributed by atoms with Gasteiger partial charge in [-0.3, -0.25) is 4.79 Å². The third kappa shape index (κ3) is 4.29. The second-order valence-electron chi connectivity index (χ2n) is 5.31. The van der Waals surface area contributed by atoms with Crippen LogP contribution in [0.3, 0.4) is 0 Å². The molecule has 0 saturated carbocycles. The number of aromatic nitrogens is 1. The molecule has 0 radical (unpaired) electrons. The maximum atomic E-state index is 11.9. The molecule has 3 N–H and O–H groups in total. The largest absolute Gasteiger partial charge is 0.451 e. The number of hydrogen-bond donors (Lipinski definition) is 2. The van der Waals surface area contributed by atoms with Crippen LogP contribution in [0.2, 0.25) is 0 Å². The average Bonchev–Trinajstić information content (AvgIpc) is 2.76. The molecule has 1 aromatic rings. The third-order valence-electron chi connectivity index (χ3n) is 3.16. The van der Waals surface area contributed by atoms with Gasteiger partial charge in [0.2, 0.25) is 0 Å². The number of hydrogen-bond acceptors (Lipinski definition) is 4. The lowest BCUT2D eigenvalue weighted by molar-refractivity contribution is -0.125. The molecule has 1 heterocycles. The summed E-state index contributed by atoms with van der Waals surface area (Å²) in [5.74, 6) is -0.860. The van der Waals surface area contributed by atoms with Gasteiger partial charge in [-0.2, -0.15) is 0 Å². The summed E-state index contributed by atoms with van der Waals surface area (Å²) in [6.45, 7) is 8.01. The van der Waals surface area contributed by atoms with Crippen LogP contribution in [0.15, 0.2) is 12.3 Å². The molecule has 0 bridgehead atoms. The van der Waals surface area contributed by atoms with Gasteiger partial charge in [-0.1, -0.05) is 6.92 Å². The topological polar surface area (TPSA) is 86.3 Å². The fourth-order valence-electron chi connectivity index (χ4n) is 1.67. The Balaban J connectivity index is 2.57. The van der Waals surface area contributed by atoms with Gasteiger partial charge >= 0.3 is 5.97 Å². The zero-order valence-corrected chi connectivity index (χ0v) is 12.5. The summed E-state index contributed by atoms with van der Waals surface area (Å²) in [7, 11) is 0. The van der Waals surface area contributed by atoms with Crippen molar-refractivity contribution in [2.45, 2.75) is 46.2 Å². The molecular weight excluding hydrogens is 258 g/mol. The second-order valence-corrected chi connectivity index (χ2v) is 5.31. The number of esters is 1. The quantitative estimate of drug-likeness (QED) is 0.775. The highest BCUT2D eigenvalue weighted by Gasteiger charge is 2.20. The molecule has 0 fully saturated rings. The molecule has 0 aliphatic heterocycles. The van der Waals surface area contributed by atoms with Crippen LogP contribution in [-0.2, 0) is 16.1 Å². The Labute approximate surface area is 119 Å². The maximum absolute atomic E-state index is 11.9. The first-order chi connectivity index (χ1) is 9.29. The Morgan fingerprint density at radius 3 is 2.60 bits per heavy atom. The van der Waals surface area contributed by atoms with E-state index < -0.39 is 5.97 Å². The normalized spacial score (nSPS) is 11.2. The molecule has 6 heteroatoms. The number of carbonyl (C=O) groups is 2. The lowest BCUT2D eigenvalue weighted by Crippen LogP contribution is -2.44. The summed E-state index contributed by atoms with van der Waals surface area (Å²) in [6.07, 6.45) is 2.46. The number of rotatable bonds is 6. The summed E-state index contributed by atoms with van der Waals surface area (Å²) in [6, 6.07) is 1.54. The molecule has 112 valence electrons. The molecule has 0 saturated heterocycles. The minimum Gasteiger partial charge on any atom is -0.451 e. The van der Waals surface area contributed by atoms with Crippen LogP contribution >= 0.6 is 0 Å². The van der Waals surface area contributed by atoms with E-state index in [1.807, 2.05) is 27.7 Å². The number of ether oxygens (including phenoxy) is 1. The van der Waals surface area contributed by atoms with E-state index in [9.17, 15) is 9.59 Å². The van der Waals surface area contributed by atoms with Crippen LogP contribution < -0.4 is 11.1 Å². The van der Waals surface area contributed by atoms with Gasteiger partial charge in [0.15, 0.2) is 6.61 Å². The van der Waals surface area contributed by atoms with Crippen molar-refractivity contribution < 1.29 is 14.3 Å².